The molecule has 3 nitrogen and oxygen atoms in total. The van der Waals surface area contributed by atoms with Crippen molar-refractivity contribution < 1.29 is 14.2 Å². The van der Waals surface area contributed by atoms with E-state index in [0.717, 1.165) is 30.3 Å². The standard InChI is InChI=1S/C20H40O3S2/c1-4-21-20(22-5-2,23-6-3)13-9-11-18-10-7-8-12-19(18,14-16-24)15-17-25/h18,24-25H,4-17H2,1-3H3. The molecule has 150 valence electrons. The number of ether oxygens (including phenoxy) is 3. The molecule has 5 heteroatoms. The normalized spacial score (nSPS) is 20.8. The molecule has 0 bridgehead atoms. The summed E-state index contributed by atoms with van der Waals surface area (Å²) in [6.45, 7) is 7.81. The molecule has 0 aromatic carbocycles. The fraction of sp³-hybridized carbons (Fsp3) is 1.00. The van der Waals surface area contributed by atoms with Crippen LogP contribution in [-0.2, 0) is 14.2 Å². The number of thiol groups is 2. The maximum absolute atomic E-state index is 5.88. The first-order valence-corrected chi connectivity index (χ1v) is 11.5. The highest BCUT2D eigenvalue weighted by Gasteiger charge is 2.40. The van der Waals surface area contributed by atoms with Gasteiger partial charge >= 0.3 is 0 Å². The van der Waals surface area contributed by atoms with Crippen molar-refractivity contribution in [1.82, 2.24) is 0 Å². The monoisotopic (exact) mass is 392 g/mol. The topological polar surface area (TPSA) is 27.7 Å². The summed E-state index contributed by atoms with van der Waals surface area (Å²) in [5, 5.41) is 0. The van der Waals surface area contributed by atoms with Gasteiger partial charge in [-0.25, -0.2) is 0 Å². The van der Waals surface area contributed by atoms with E-state index < -0.39 is 5.97 Å². The Balaban J connectivity index is 2.70. The van der Waals surface area contributed by atoms with E-state index in [0.29, 0.717) is 25.2 Å². The van der Waals surface area contributed by atoms with E-state index >= 15 is 0 Å². The van der Waals surface area contributed by atoms with Crippen LogP contribution in [0, 0.1) is 11.3 Å². The van der Waals surface area contributed by atoms with Crippen LogP contribution in [0.15, 0.2) is 0 Å². The van der Waals surface area contributed by atoms with Crippen LogP contribution in [0.2, 0.25) is 0 Å². The molecule has 1 aliphatic rings. The third kappa shape index (κ3) is 7.25. The minimum absolute atomic E-state index is 0.438. The summed E-state index contributed by atoms with van der Waals surface area (Å²) >= 11 is 9.11. The zero-order valence-corrected chi connectivity index (χ0v) is 18.4. The van der Waals surface area contributed by atoms with Gasteiger partial charge in [0.2, 0.25) is 0 Å². The molecule has 0 N–H and O–H groups in total. The van der Waals surface area contributed by atoms with Gasteiger partial charge in [-0.05, 0) is 82.1 Å². The summed E-state index contributed by atoms with van der Waals surface area (Å²) in [7, 11) is 0. The molecule has 0 spiro atoms. The zero-order valence-electron chi connectivity index (χ0n) is 16.6. The second-order valence-corrected chi connectivity index (χ2v) is 8.02. The van der Waals surface area contributed by atoms with Crippen LogP contribution in [0.25, 0.3) is 0 Å². The Morgan fingerprint density at radius 2 is 1.48 bits per heavy atom. The van der Waals surface area contributed by atoms with Crippen LogP contribution in [0.5, 0.6) is 0 Å². The Labute approximate surface area is 166 Å². The van der Waals surface area contributed by atoms with Crippen molar-refractivity contribution in [2.75, 3.05) is 31.3 Å². The van der Waals surface area contributed by atoms with Gasteiger partial charge in [0.05, 0.1) is 0 Å². The minimum Gasteiger partial charge on any atom is -0.328 e. The molecule has 1 aliphatic carbocycles. The van der Waals surface area contributed by atoms with E-state index in [2.05, 4.69) is 25.3 Å². The van der Waals surface area contributed by atoms with Crippen LogP contribution in [0.3, 0.4) is 0 Å². The molecular weight excluding hydrogens is 352 g/mol. The van der Waals surface area contributed by atoms with Gasteiger partial charge in [0.15, 0.2) is 0 Å². The molecule has 1 saturated carbocycles. The summed E-state index contributed by atoms with van der Waals surface area (Å²) in [4.78, 5) is 0. The quantitative estimate of drug-likeness (QED) is 0.292. The van der Waals surface area contributed by atoms with E-state index in [1.165, 1.54) is 44.9 Å². The van der Waals surface area contributed by atoms with Gasteiger partial charge in [-0.2, -0.15) is 25.3 Å². The Bertz CT molecular complexity index is 310. The SMILES string of the molecule is CCOC(CCCC1CCCCC1(CCS)CCS)(OCC)OCC. The van der Waals surface area contributed by atoms with Gasteiger partial charge in [-0.15, -0.1) is 0 Å². The molecule has 25 heavy (non-hydrogen) atoms. The number of hydrogen-bond donors (Lipinski definition) is 2. The van der Waals surface area contributed by atoms with Crippen molar-refractivity contribution in [3.8, 4) is 0 Å². The highest BCUT2D eigenvalue weighted by molar-refractivity contribution is 7.80. The molecule has 0 saturated heterocycles. The van der Waals surface area contributed by atoms with Gasteiger partial charge in [-0.1, -0.05) is 12.8 Å². The molecule has 1 rings (SSSR count). The van der Waals surface area contributed by atoms with Crippen LogP contribution in [0.1, 0.15) is 78.6 Å². The van der Waals surface area contributed by atoms with Crippen LogP contribution in [-0.4, -0.2) is 37.3 Å². The Hall–Kier alpha value is 0.580. The summed E-state index contributed by atoms with van der Waals surface area (Å²) in [5.74, 6) is 1.86. The molecule has 1 atom stereocenters. The van der Waals surface area contributed by atoms with E-state index in [1.54, 1.807) is 0 Å². The lowest BCUT2D eigenvalue weighted by molar-refractivity contribution is -0.380. The number of rotatable bonds is 14. The van der Waals surface area contributed by atoms with E-state index in [4.69, 9.17) is 14.2 Å². The summed E-state index contributed by atoms with van der Waals surface area (Å²) in [6.07, 6.45) is 10.9. The summed E-state index contributed by atoms with van der Waals surface area (Å²) in [5.41, 5.74) is 0.438. The maximum atomic E-state index is 5.88. The van der Waals surface area contributed by atoms with Crippen molar-refractivity contribution >= 4 is 25.3 Å². The highest BCUT2D eigenvalue weighted by Crippen LogP contribution is 2.49. The molecule has 0 radical (unpaired) electrons. The Morgan fingerprint density at radius 1 is 0.920 bits per heavy atom. The molecular formula is C20H40O3S2. The Kier molecular flexibility index (Phi) is 12.2. The highest BCUT2D eigenvalue weighted by atomic mass is 32.1. The summed E-state index contributed by atoms with van der Waals surface area (Å²) in [6, 6.07) is 0. The van der Waals surface area contributed by atoms with Gasteiger partial charge in [0.1, 0.15) is 0 Å². The van der Waals surface area contributed by atoms with Crippen molar-refractivity contribution in [2.24, 2.45) is 11.3 Å². The van der Waals surface area contributed by atoms with Crippen LogP contribution >= 0.6 is 25.3 Å². The fourth-order valence-corrected chi connectivity index (χ4v) is 5.51. The largest absolute Gasteiger partial charge is 0.328 e. The maximum Gasteiger partial charge on any atom is 0.282 e. The lowest BCUT2D eigenvalue weighted by Crippen LogP contribution is -2.40. The predicted molar refractivity (Wildman–Crippen MR) is 113 cm³/mol. The number of hydrogen-bond acceptors (Lipinski definition) is 5. The Morgan fingerprint density at radius 3 is 1.96 bits per heavy atom. The average molecular weight is 393 g/mol. The molecule has 1 fully saturated rings. The van der Waals surface area contributed by atoms with Crippen molar-refractivity contribution in [2.45, 2.75) is 84.5 Å². The van der Waals surface area contributed by atoms with E-state index in [9.17, 15) is 0 Å². The van der Waals surface area contributed by atoms with Crippen LogP contribution in [0.4, 0.5) is 0 Å². The molecule has 0 aliphatic heterocycles. The summed E-state index contributed by atoms with van der Waals surface area (Å²) < 4.78 is 17.6. The third-order valence-corrected chi connectivity index (χ3v) is 6.14. The smallest absolute Gasteiger partial charge is 0.282 e. The molecule has 1 unspecified atom stereocenters. The second kappa shape index (κ2) is 12.9. The third-order valence-electron chi connectivity index (χ3n) is 5.69. The van der Waals surface area contributed by atoms with Gasteiger partial charge in [0, 0.05) is 26.2 Å². The van der Waals surface area contributed by atoms with Gasteiger partial charge in [0.25, 0.3) is 5.97 Å². The first-order valence-electron chi connectivity index (χ1n) is 10.3. The van der Waals surface area contributed by atoms with Crippen molar-refractivity contribution in [1.29, 1.82) is 0 Å². The molecule has 0 aromatic rings. The predicted octanol–water partition coefficient (Wildman–Crippen LogP) is 5.74. The first kappa shape index (κ1) is 23.6. The first-order chi connectivity index (χ1) is 12.1. The fourth-order valence-electron chi connectivity index (χ4n) is 4.62. The van der Waals surface area contributed by atoms with Gasteiger partial charge < -0.3 is 14.2 Å². The average Bonchev–Trinajstić information content (AvgIpc) is 2.58. The molecule has 0 amide bonds. The van der Waals surface area contributed by atoms with E-state index in [-0.39, 0.29) is 0 Å². The second-order valence-electron chi connectivity index (χ2n) is 7.13. The minimum atomic E-state index is -0.858. The molecule has 0 aromatic heterocycles. The van der Waals surface area contributed by atoms with E-state index in [1.807, 2.05) is 20.8 Å². The lowest BCUT2D eigenvalue weighted by atomic mass is 9.62. The van der Waals surface area contributed by atoms with Gasteiger partial charge in [-0.3, -0.25) is 0 Å². The molecule has 0 heterocycles. The van der Waals surface area contributed by atoms with Crippen LogP contribution < -0.4 is 0 Å². The zero-order chi connectivity index (χ0) is 18.6. The van der Waals surface area contributed by atoms with Crippen molar-refractivity contribution in [3.05, 3.63) is 0 Å². The lowest BCUT2D eigenvalue weighted by Gasteiger charge is -2.45. The van der Waals surface area contributed by atoms with Crippen molar-refractivity contribution in [3.63, 3.8) is 0 Å².